The zero-order chi connectivity index (χ0) is 23.6. The highest BCUT2D eigenvalue weighted by molar-refractivity contribution is 6.43. The van der Waals surface area contributed by atoms with Crippen LogP contribution in [0.15, 0.2) is 73.2 Å². The number of aromatic nitrogens is 2. The monoisotopic (exact) mass is 446 g/mol. The van der Waals surface area contributed by atoms with Crippen LogP contribution in [0.1, 0.15) is 34.1 Å². The molecule has 2 atom stereocenters. The molecule has 0 aliphatic carbocycles. The molecule has 2 aromatic carbocycles. The SMILES string of the molecule is CCc1cccc(C[C@H](NC(=O)[C@H](Cc2ccccc2)NC(=O)c2cnccn2)B(O)O)c1. The number of hydrogen-bond acceptors (Lipinski definition) is 6. The molecule has 0 spiro atoms. The van der Waals surface area contributed by atoms with E-state index in [9.17, 15) is 19.6 Å². The lowest BCUT2D eigenvalue weighted by atomic mass is 9.75. The molecule has 0 radical (unpaired) electrons. The maximum atomic E-state index is 13.2. The molecule has 0 unspecified atom stereocenters. The zero-order valence-electron chi connectivity index (χ0n) is 18.4. The van der Waals surface area contributed by atoms with Gasteiger partial charge in [0.2, 0.25) is 5.91 Å². The van der Waals surface area contributed by atoms with E-state index in [4.69, 9.17) is 0 Å². The molecule has 2 amide bonds. The standard InChI is InChI=1S/C24H27BN4O4/c1-2-17-9-6-10-19(13-17)15-22(25(32)33)29-23(30)20(14-18-7-4-3-5-8-18)28-24(31)21-16-26-11-12-27-21/h3-13,16,20,22,32-33H,2,14-15H2,1H3,(H,28,31)(H,29,30)/t20-,22-/m0/s1. The maximum absolute atomic E-state index is 13.2. The Kier molecular flexibility index (Phi) is 8.68. The molecule has 0 aliphatic rings. The quantitative estimate of drug-likeness (QED) is 0.346. The average Bonchev–Trinajstić information content (AvgIpc) is 2.84. The van der Waals surface area contributed by atoms with Crippen LogP contribution in [0.5, 0.6) is 0 Å². The van der Waals surface area contributed by atoms with Gasteiger partial charge in [-0.15, -0.1) is 0 Å². The minimum absolute atomic E-state index is 0.0819. The van der Waals surface area contributed by atoms with Crippen molar-refractivity contribution in [2.45, 2.75) is 38.2 Å². The molecule has 9 heteroatoms. The second kappa shape index (κ2) is 11.9. The smallest absolute Gasteiger partial charge is 0.426 e. The summed E-state index contributed by atoms with van der Waals surface area (Å²) in [4.78, 5) is 33.7. The number of benzene rings is 2. The summed E-state index contributed by atoms with van der Waals surface area (Å²) < 4.78 is 0. The van der Waals surface area contributed by atoms with Crippen LogP contribution >= 0.6 is 0 Å². The van der Waals surface area contributed by atoms with Gasteiger partial charge in [0.25, 0.3) is 5.91 Å². The highest BCUT2D eigenvalue weighted by Gasteiger charge is 2.30. The van der Waals surface area contributed by atoms with Gasteiger partial charge in [-0.1, -0.05) is 61.5 Å². The van der Waals surface area contributed by atoms with Crippen molar-refractivity contribution >= 4 is 18.9 Å². The number of rotatable bonds is 10. The molecule has 0 saturated carbocycles. The van der Waals surface area contributed by atoms with Gasteiger partial charge in [0.1, 0.15) is 11.7 Å². The fourth-order valence-electron chi connectivity index (χ4n) is 3.45. The lowest BCUT2D eigenvalue weighted by molar-refractivity contribution is -0.123. The van der Waals surface area contributed by atoms with E-state index < -0.39 is 30.9 Å². The van der Waals surface area contributed by atoms with Crippen LogP contribution in [0.4, 0.5) is 0 Å². The zero-order valence-corrected chi connectivity index (χ0v) is 18.4. The summed E-state index contributed by atoms with van der Waals surface area (Å²) in [5.74, 6) is -2.02. The number of carbonyl (C=O) groups excluding carboxylic acids is 2. The largest absolute Gasteiger partial charge is 0.475 e. The minimum atomic E-state index is -1.77. The molecule has 0 aliphatic heterocycles. The number of nitrogens with zero attached hydrogens (tertiary/aromatic N) is 2. The lowest BCUT2D eigenvalue weighted by Crippen LogP contribution is -2.55. The third-order valence-electron chi connectivity index (χ3n) is 5.24. The second-order valence-electron chi connectivity index (χ2n) is 7.71. The number of aryl methyl sites for hydroxylation is 1. The molecule has 3 aromatic rings. The summed E-state index contributed by atoms with van der Waals surface area (Å²) in [5, 5.41) is 25.2. The Labute approximate surface area is 193 Å². The lowest BCUT2D eigenvalue weighted by Gasteiger charge is -2.23. The number of amides is 2. The third kappa shape index (κ3) is 7.23. The van der Waals surface area contributed by atoms with Crippen LogP contribution in [-0.2, 0) is 24.1 Å². The van der Waals surface area contributed by atoms with Crippen LogP contribution in [0.3, 0.4) is 0 Å². The van der Waals surface area contributed by atoms with Gasteiger partial charge in [0, 0.05) is 18.8 Å². The Hall–Kier alpha value is -3.56. The Morgan fingerprint density at radius 1 is 0.939 bits per heavy atom. The van der Waals surface area contributed by atoms with E-state index >= 15 is 0 Å². The van der Waals surface area contributed by atoms with Crippen LogP contribution in [0, 0.1) is 0 Å². The van der Waals surface area contributed by atoms with E-state index in [0.29, 0.717) is 0 Å². The van der Waals surface area contributed by atoms with Gasteiger partial charge in [0.15, 0.2) is 0 Å². The molecule has 0 fully saturated rings. The van der Waals surface area contributed by atoms with Crippen molar-refractivity contribution in [3.63, 3.8) is 0 Å². The first-order valence-electron chi connectivity index (χ1n) is 10.8. The van der Waals surface area contributed by atoms with Gasteiger partial charge in [-0.25, -0.2) is 4.98 Å². The van der Waals surface area contributed by atoms with Crippen LogP contribution in [-0.4, -0.2) is 50.9 Å². The van der Waals surface area contributed by atoms with Gasteiger partial charge in [-0.05, 0) is 29.5 Å². The molecule has 33 heavy (non-hydrogen) atoms. The number of hydrogen-bond donors (Lipinski definition) is 4. The van der Waals surface area contributed by atoms with Crippen LogP contribution in [0.25, 0.3) is 0 Å². The van der Waals surface area contributed by atoms with Crippen molar-refractivity contribution in [1.82, 2.24) is 20.6 Å². The summed E-state index contributed by atoms with van der Waals surface area (Å²) in [6, 6.07) is 16.0. The first-order chi connectivity index (χ1) is 16.0. The highest BCUT2D eigenvalue weighted by atomic mass is 16.4. The van der Waals surface area contributed by atoms with Gasteiger partial charge >= 0.3 is 7.12 Å². The summed E-state index contributed by atoms with van der Waals surface area (Å²) in [6.45, 7) is 2.03. The highest BCUT2D eigenvalue weighted by Crippen LogP contribution is 2.10. The van der Waals surface area contributed by atoms with Crippen LogP contribution in [0.2, 0.25) is 0 Å². The van der Waals surface area contributed by atoms with Crippen molar-refractivity contribution in [2.75, 3.05) is 0 Å². The van der Waals surface area contributed by atoms with Gasteiger partial charge < -0.3 is 20.7 Å². The Morgan fingerprint density at radius 3 is 2.33 bits per heavy atom. The van der Waals surface area contributed by atoms with Crippen molar-refractivity contribution in [3.05, 3.63) is 95.6 Å². The second-order valence-corrected chi connectivity index (χ2v) is 7.71. The van der Waals surface area contributed by atoms with Crippen molar-refractivity contribution in [3.8, 4) is 0 Å². The number of carbonyl (C=O) groups is 2. The molecule has 3 rings (SSSR count). The fourth-order valence-corrected chi connectivity index (χ4v) is 3.45. The molecule has 0 bridgehead atoms. The van der Waals surface area contributed by atoms with E-state index in [1.807, 2.05) is 61.5 Å². The Balaban J connectivity index is 1.77. The molecule has 1 aromatic heterocycles. The van der Waals surface area contributed by atoms with Crippen LogP contribution < -0.4 is 10.6 Å². The molecule has 8 nitrogen and oxygen atoms in total. The van der Waals surface area contributed by atoms with Crippen molar-refractivity contribution in [2.24, 2.45) is 0 Å². The Morgan fingerprint density at radius 2 is 1.67 bits per heavy atom. The molecule has 170 valence electrons. The van der Waals surface area contributed by atoms with Gasteiger partial charge in [-0.3, -0.25) is 14.6 Å². The molecule has 0 saturated heterocycles. The maximum Gasteiger partial charge on any atom is 0.475 e. The van der Waals surface area contributed by atoms with E-state index in [-0.39, 0.29) is 18.5 Å². The summed E-state index contributed by atoms with van der Waals surface area (Å²) in [6.07, 6.45) is 5.45. The predicted octanol–water partition coefficient (Wildman–Crippen LogP) is 1.12. The van der Waals surface area contributed by atoms with E-state index in [0.717, 1.165) is 23.1 Å². The molecule has 1 heterocycles. The summed E-state index contributed by atoms with van der Waals surface area (Å²) in [7, 11) is -1.77. The third-order valence-corrected chi connectivity index (χ3v) is 5.24. The average molecular weight is 446 g/mol. The molecule has 4 N–H and O–H groups in total. The normalized spacial score (nSPS) is 12.5. The van der Waals surface area contributed by atoms with Gasteiger partial charge in [0.05, 0.1) is 12.1 Å². The fraction of sp³-hybridized carbons (Fsp3) is 0.250. The molecular formula is C24H27BN4O4. The van der Waals surface area contributed by atoms with Crippen molar-refractivity contribution in [1.29, 1.82) is 0 Å². The molecular weight excluding hydrogens is 419 g/mol. The first kappa shape index (κ1) is 24.1. The predicted molar refractivity (Wildman–Crippen MR) is 125 cm³/mol. The summed E-state index contributed by atoms with van der Waals surface area (Å²) >= 11 is 0. The van der Waals surface area contributed by atoms with E-state index in [2.05, 4.69) is 20.6 Å². The minimum Gasteiger partial charge on any atom is -0.426 e. The van der Waals surface area contributed by atoms with E-state index in [1.54, 1.807) is 0 Å². The first-order valence-corrected chi connectivity index (χ1v) is 10.8. The Bertz CT molecular complexity index is 1050. The summed E-state index contributed by atoms with van der Waals surface area (Å²) in [5.41, 5.74) is 2.91. The van der Waals surface area contributed by atoms with Crippen molar-refractivity contribution < 1.29 is 19.6 Å². The topological polar surface area (TPSA) is 124 Å². The van der Waals surface area contributed by atoms with E-state index in [1.165, 1.54) is 18.6 Å². The number of nitrogens with one attached hydrogen (secondary N) is 2. The van der Waals surface area contributed by atoms with Gasteiger partial charge in [-0.2, -0.15) is 0 Å².